The standard InChI is InChI=1S/C15H19N3S/c1-10(18-8-11-6-16-7-12(11)9-18)15-17-13-4-2-3-5-14(13)19-15/h2-5,10-12,16H,6-9H2,1H3. The van der Waals surface area contributed by atoms with E-state index in [0.29, 0.717) is 6.04 Å². The number of nitrogens with one attached hydrogen (secondary N) is 1. The lowest BCUT2D eigenvalue weighted by atomic mass is 10.0. The molecule has 1 N–H and O–H groups in total. The predicted molar refractivity (Wildman–Crippen MR) is 79.5 cm³/mol. The van der Waals surface area contributed by atoms with Gasteiger partial charge in [-0.1, -0.05) is 12.1 Å². The molecule has 2 aromatic rings. The van der Waals surface area contributed by atoms with Crippen LogP contribution < -0.4 is 5.32 Å². The maximum Gasteiger partial charge on any atom is 0.111 e. The molecule has 19 heavy (non-hydrogen) atoms. The molecule has 3 atom stereocenters. The largest absolute Gasteiger partial charge is 0.316 e. The van der Waals surface area contributed by atoms with Crippen molar-refractivity contribution >= 4 is 21.6 Å². The molecule has 4 heteroatoms. The summed E-state index contributed by atoms with van der Waals surface area (Å²) in [6.45, 7) is 7.18. The Morgan fingerprint density at radius 2 is 2.00 bits per heavy atom. The summed E-state index contributed by atoms with van der Waals surface area (Å²) in [5.41, 5.74) is 1.15. The topological polar surface area (TPSA) is 28.2 Å². The third kappa shape index (κ3) is 1.98. The summed E-state index contributed by atoms with van der Waals surface area (Å²) >= 11 is 1.85. The van der Waals surface area contributed by atoms with Crippen molar-refractivity contribution in [1.82, 2.24) is 15.2 Å². The molecule has 0 aliphatic carbocycles. The molecule has 0 saturated carbocycles. The lowest BCUT2D eigenvalue weighted by Crippen LogP contribution is -2.28. The second-order valence-electron chi connectivity index (χ2n) is 5.83. The van der Waals surface area contributed by atoms with Gasteiger partial charge in [-0.2, -0.15) is 0 Å². The van der Waals surface area contributed by atoms with Gasteiger partial charge in [0.05, 0.1) is 16.3 Å². The maximum absolute atomic E-state index is 4.81. The molecule has 2 aliphatic rings. The summed E-state index contributed by atoms with van der Waals surface area (Å²) in [5.74, 6) is 1.72. The smallest absolute Gasteiger partial charge is 0.111 e. The monoisotopic (exact) mass is 273 g/mol. The molecule has 1 aromatic heterocycles. The Labute approximate surface area is 117 Å². The highest BCUT2D eigenvalue weighted by atomic mass is 32.1. The van der Waals surface area contributed by atoms with Gasteiger partial charge in [0, 0.05) is 13.1 Å². The fourth-order valence-electron chi connectivity index (χ4n) is 3.43. The van der Waals surface area contributed by atoms with E-state index < -0.39 is 0 Å². The van der Waals surface area contributed by atoms with Gasteiger partial charge in [-0.3, -0.25) is 4.90 Å². The van der Waals surface area contributed by atoms with Gasteiger partial charge < -0.3 is 5.32 Å². The van der Waals surface area contributed by atoms with Crippen LogP contribution in [0.25, 0.3) is 10.2 Å². The normalized spacial score (nSPS) is 28.9. The van der Waals surface area contributed by atoms with Crippen LogP contribution in [0.15, 0.2) is 24.3 Å². The third-order valence-corrected chi connectivity index (χ3v) is 5.84. The van der Waals surface area contributed by atoms with E-state index in [-0.39, 0.29) is 0 Å². The van der Waals surface area contributed by atoms with Crippen molar-refractivity contribution in [2.24, 2.45) is 11.8 Å². The second-order valence-corrected chi connectivity index (χ2v) is 6.89. The zero-order valence-corrected chi connectivity index (χ0v) is 12.0. The average Bonchev–Trinajstić information content (AvgIpc) is 3.10. The van der Waals surface area contributed by atoms with Crippen molar-refractivity contribution < 1.29 is 0 Å². The molecule has 3 heterocycles. The number of para-hydroxylation sites is 1. The number of rotatable bonds is 2. The zero-order valence-electron chi connectivity index (χ0n) is 11.2. The molecule has 0 amide bonds. The SMILES string of the molecule is CC(c1nc2ccccc2s1)N1CC2CNCC2C1. The van der Waals surface area contributed by atoms with Crippen LogP contribution in [0.2, 0.25) is 0 Å². The summed E-state index contributed by atoms with van der Waals surface area (Å²) in [6.07, 6.45) is 0. The van der Waals surface area contributed by atoms with Gasteiger partial charge in [-0.25, -0.2) is 4.98 Å². The molecular weight excluding hydrogens is 254 g/mol. The second kappa shape index (κ2) is 4.54. The Morgan fingerprint density at radius 1 is 1.26 bits per heavy atom. The fraction of sp³-hybridized carbons (Fsp3) is 0.533. The summed E-state index contributed by atoms with van der Waals surface area (Å²) in [4.78, 5) is 7.43. The number of thiazole rings is 1. The van der Waals surface area contributed by atoms with Crippen molar-refractivity contribution in [3.05, 3.63) is 29.3 Å². The molecule has 0 spiro atoms. The molecule has 2 aliphatic heterocycles. The number of likely N-dealkylation sites (tertiary alicyclic amines) is 1. The molecular formula is C15H19N3S. The minimum Gasteiger partial charge on any atom is -0.316 e. The Bertz CT molecular complexity index is 549. The zero-order chi connectivity index (χ0) is 12.8. The number of hydrogen-bond donors (Lipinski definition) is 1. The van der Waals surface area contributed by atoms with Crippen molar-refractivity contribution in [2.45, 2.75) is 13.0 Å². The minimum atomic E-state index is 0.461. The Hall–Kier alpha value is -0.970. The van der Waals surface area contributed by atoms with Crippen LogP contribution >= 0.6 is 11.3 Å². The van der Waals surface area contributed by atoms with Gasteiger partial charge in [0.15, 0.2) is 0 Å². The fourth-order valence-corrected chi connectivity index (χ4v) is 4.49. The van der Waals surface area contributed by atoms with Gasteiger partial charge in [0.2, 0.25) is 0 Å². The van der Waals surface area contributed by atoms with Crippen LogP contribution in [0, 0.1) is 11.8 Å². The van der Waals surface area contributed by atoms with E-state index in [1.807, 2.05) is 11.3 Å². The summed E-state index contributed by atoms with van der Waals surface area (Å²) in [7, 11) is 0. The summed E-state index contributed by atoms with van der Waals surface area (Å²) < 4.78 is 1.31. The Kier molecular flexibility index (Phi) is 2.83. The molecule has 3 nitrogen and oxygen atoms in total. The van der Waals surface area contributed by atoms with Crippen molar-refractivity contribution in [3.8, 4) is 0 Å². The van der Waals surface area contributed by atoms with E-state index in [1.54, 1.807) is 0 Å². The van der Waals surface area contributed by atoms with Gasteiger partial charge in [-0.15, -0.1) is 11.3 Å². The summed E-state index contributed by atoms with van der Waals surface area (Å²) in [5, 5.41) is 4.78. The van der Waals surface area contributed by atoms with Crippen LogP contribution in [0.4, 0.5) is 0 Å². The van der Waals surface area contributed by atoms with Crippen molar-refractivity contribution in [1.29, 1.82) is 0 Å². The number of hydrogen-bond acceptors (Lipinski definition) is 4. The molecule has 2 saturated heterocycles. The van der Waals surface area contributed by atoms with E-state index in [2.05, 4.69) is 41.4 Å². The molecule has 100 valence electrons. The number of fused-ring (bicyclic) bond motifs is 2. The van der Waals surface area contributed by atoms with E-state index in [9.17, 15) is 0 Å². The van der Waals surface area contributed by atoms with E-state index in [0.717, 1.165) is 17.4 Å². The first-order chi connectivity index (χ1) is 9.31. The molecule has 3 unspecified atom stereocenters. The number of benzene rings is 1. The summed E-state index contributed by atoms with van der Waals surface area (Å²) in [6, 6.07) is 8.92. The Morgan fingerprint density at radius 3 is 2.74 bits per heavy atom. The van der Waals surface area contributed by atoms with E-state index in [4.69, 9.17) is 4.98 Å². The first kappa shape index (κ1) is 11.8. The molecule has 0 radical (unpaired) electrons. The Balaban J connectivity index is 1.58. The molecule has 1 aromatic carbocycles. The maximum atomic E-state index is 4.81. The van der Waals surface area contributed by atoms with Gasteiger partial charge >= 0.3 is 0 Å². The van der Waals surface area contributed by atoms with Gasteiger partial charge in [-0.05, 0) is 44.0 Å². The van der Waals surface area contributed by atoms with Crippen molar-refractivity contribution in [3.63, 3.8) is 0 Å². The number of nitrogens with zero attached hydrogens (tertiary/aromatic N) is 2. The highest BCUT2D eigenvalue weighted by Gasteiger charge is 2.38. The molecule has 4 rings (SSSR count). The molecule has 2 fully saturated rings. The number of aromatic nitrogens is 1. The lowest BCUT2D eigenvalue weighted by molar-refractivity contribution is 0.243. The quantitative estimate of drug-likeness (QED) is 0.911. The lowest BCUT2D eigenvalue weighted by Gasteiger charge is -2.23. The van der Waals surface area contributed by atoms with Crippen molar-refractivity contribution in [2.75, 3.05) is 26.2 Å². The van der Waals surface area contributed by atoms with Crippen LogP contribution in [-0.4, -0.2) is 36.1 Å². The highest BCUT2D eigenvalue weighted by Crippen LogP contribution is 2.35. The first-order valence-electron chi connectivity index (χ1n) is 7.11. The van der Waals surface area contributed by atoms with Crippen LogP contribution in [0.1, 0.15) is 18.0 Å². The minimum absolute atomic E-state index is 0.461. The van der Waals surface area contributed by atoms with Crippen LogP contribution in [0.5, 0.6) is 0 Å². The van der Waals surface area contributed by atoms with Crippen LogP contribution in [0.3, 0.4) is 0 Å². The highest BCUT2D eigenvalue weighted by molar-refractivity contribution is 7.18. The van der Waals surface area contributed by atoms with E-state index in [1.165, 1.54) is 35.9 Å². The molecule has 0 bridgehead atoms. The van der Waals surface area contributed by atoms with Gasteiger partial charge in [0.25, 0.3) is 0 Å². The first-order valence-corrected chi connectivity index (χ1v) is 7.93. The average molecular weight is 273 g/mol. The third-order valence-electron chi connectivity index (χ3n) is 4.63. The van der Waals surface area contributed by atoms with E-state index >= 15 is 0 Å². The van der Waals surface area contributed by atoms with Gasteiger partial charge in [0.1, 0.15) is 5.01 Å². The predicted octanol–water partition coefficient (Wildman–Crippen LogP) is 2.51. The van der Waals surface area contributed by atoms with Crippen LogP contribution in [-0.2, 0) is 0 Å².